The van der Waals surface area contributed by atoms with Gasteiger partial charge in [-0.25, -0.2) is 4.98 Å². The molecule has 1 aliphatic rings. The number of anilines is 1. The normalized spacial score (nSPS) is 15.6. The van der Waals surface area contributed by atoms with E-state index >= 15 is 0 Å². The summed E-state index contributed by atoms with van der Waals surface area (Å²) in [6.07, 6.45) is 4.65. The highest BCUT2D eigenvalue weighted by molar-refractivity contribution is 7.13. The monoisotopic (exact) mass is 225 g/mol. The van der Waals surface area contributed by atoms with E-state index in [1.54, 1.807) is 17.5 Å². The van der Waals surface area contributed by atoms with Gasteiger partial charge in [-0.05, 0) is 12.8 Å². The Morgan fingerprint density at radius 2 is 2.33 bits per heavy atom. The minimum absolute atomic E-state index is 0.261. The lowest BCUT2D eigenvalue weighted by Gasteiger charge is -2.14. The molecule has 0 aliphatic carbocycles. The molecule has 1 saturated heterocycles. The molecule has 0 radical (unpaired) electrons. The number of thiazole rings is 1. The zero-order chi connectivity index (χ0) is 10.5. The van der Waals surface area contributed by atoms with Crippen molar-refractivity contribution in [1.82, 2.24) is 9.88 Å². The summed E-state index contributed by atoms with van der Waals surface area (Å²) in [7, 11) is 0. The number of amides is 1. The summed E-state index contributed by atoms with van der Waals surface area (Å²) >= 11 is 1.56. The van der Waals surface area contributed by atoms with Gasteiger partial charge in [0.2, 0.25) is 5.91 Å². The molecule has 0 bridgehead atoms. The van der Waals surface area contributed by atoms with Crippen LogP contribution in [0.3, 0.4) is 0 Å². The number of aromatic nitrogens is 1. The summed E-state index contributed by atoms with van der Waals surface area (Å²) in [5, 5.41) is 5.95. The van der Waals surface area contributed by atoms with Gasteiger partial charge in [-0.15, -0.1) is 11.3 Å². The van der Waals surface area contributed by atoms with Crippen LogP contribution in [-0.2, 0) is 4.79 Å². The number of rotatable bonds is 4. The molecule has 0 atom stereocenters. The zero-order valence-electron chi connectivity index (χ0n) is 8.61. The summed E-state index contributed by atoms with van der Waals surface area (Å²) in [5.74, 6) is 0.261. The molecular formula is C10H15N3OS. The zero-order valence-corrected chi connectivity index (χ0v) is 9.42. The van der Waals surface area contributed by atoms with Crippen LogP contribution in [0, 0.1) is 0 Å². The van der Waals surface area contributed by atoms with Crippen LogP contribution < -0.4 is 5.32 Å². The lowest BCUT2D eigenvalue weighted by molar-refractivity contribution is -0.129. The fourth-order valence-electron chi connectivity index (χ4n) is 1.71. The highest BCUT2D eigenvalue weighted by Gasteiger charge is 2.16. The second kappa shape index (κ2) is 5.11. The third kappa shape index (κ3) is 2.92. The maximum absolute atomic E-state index is 11.6. The molecule has 0 spiro atoms. The second-order valence-electron chi connectivity index (χ2n) is 3.60. The molecule has 2 heterocycles. The summed E-state index contributed by atoms with van der Waals surface area (Å²) in [4.78, 5) is 17.7. The average molecular weight is 225 g/mol. The summed E-state index contributed by atoms with van der Waals surface area (Å²) in [6.45, 7) is 2.56. The van der Waals surface area contributed by atoms with Gasteiger partial charge in [-0.3, -0.25) is 4.79 Å². The number of nitrogens with zero attached hydrogens (tertiary/aromatic N) is 2. The van der Waals surface area contributed by atoms with Crippen molar-refractivity contribution >= 4 is 22.4 Å². The van der Waals surface area contributed by atoms with Gasteiger partial charge in [0.25, 0.3) is 0 Å². The number of hydrogen-bond donors (Lipinski definition) is 1. The SMILES string of the molecule is O=C(CCNc1nccs1)N1CCCC1. The van der Waals surface area contributed by atoms with Gasteiger partial charge in [0, 0.05) is 37.6 Å². The predicted octanol–water partition coefficient (Wildman–Crippen LogP) is 1.57. The third-order valence-corrected chi connectivity index (χ3v) is 3.24. The van der Waals surface area contributed by atoms with E-state index in [2.05, 4.69) is 10.3 Å². The van der Waals surface area contributed by atoms with E-state index in [0.29, 0.717) is 13.0 Å². The van der Waals surface area contributed by atoms with Crippen molar-refractivity contribution < 1.29 is 4.79 Å². The molecule has 0 aromatic carbocycles. The molecule has 15 heavy (non-hydrogen) atoms. The van der Waals surface area contributed by atoms with Crippen molar-refractivity contribution in [2.75, 3.05) is 25.0 Å². The average Bonchev–Trinajstić information content (AvgIpc) is 2.90. The number of hydrogen-bond acceptors (Lipinski definition) is 4. The van der Waals surface area contributed by atoms with Gasteiger partial charge >= 0.3 is 0 Å². The van der Waals surface area contributed by atoms with Gasteiger partial charge in [0.15, 0.2) is 5.13 Å². The Bertz CT molecular complexity index is 306. The number of nitrogens with one attached hydrogen (secondary N) is 1. The lowest BCUT2D eigenvalue weighted by atomic mass is 10.3. The quantitative estimate of drug-likeness (QED) is 0.846. The molecule has 82 valence electrons. The first kappa shape index (κ1) is 10.4. The molecule has 1 amide bonds. The van der Waals surface area contributed by atoms with E-state index in [1.807, 2.05) is 10.3 Å². The molecule has 1 aromatic heterocycles. The van der Waals surface area contributed by atoms with E-state index in [4.69, 9.17) is 0 Å². The van der Waals surface area contributed by atoms with Crippen LogP contribution >= 0.6 is 11.3 Å². The standard InChI is InChI=1S/C10H15N3OS/c14-9(13-6-1-2-7-13)3-4-11-10-12-5-8-15-10/h5,8H,1-4,6-7H2,(H,11,12). The Morgan fingerprint density at radius 3 is 3.00 bits per heavy atom. The first-order valence-corrected chi connectivity index (χ1v) is 6.15. The van der Waals surface area contributed by atoms with Gasteiger partial charge < -0.3 is 10.2 Å². The molecule has 1 aliphatic heterocycles. The van der Waals surface area contributed by atoms with E-state index in [-0.39, 0.29) is 5.91 Å². The first-order chi connectivity index (χ1) is 7.36. The van der Waals surface area contributed by atoms with Crippen LogP contribution in [0.5, 0.6) is 0 Å². The van der Waals surface area contributed by atoms with Crippen molar-refractivity contribution in [2.24, 2.45) is 0 Å². The molecule has 5 heteroatoms. The third-order valence-electron chi connectivity index (χ3n) is 2.51. The topological polar surface area (TPSA) is 45.2 Å². The van der Waals surface area contributed by atoms with Gasteiger partial charge in [-0.2, -0.15) is 0 Å². The van der Waals surface area contributed by atoms with E-state index in [9.17, 15) is 4.79 Å². The van der Waals surface area contributed by atoms with Crippen LogP contribution in [0.1, 0.15) is 19.3 Å². The van der Waals surface area contributed by atoms with Gasteiger partial charge in [-0.1, -0.05) is 0 Å². The Labute approximate surface area is 93.3 Å². The molecule has 1 fully saturated rings. The van der Waals surface area contributed by atoms with Gasteiger partial charge in [0.05, 0.1) is 0 Å². The minimum Gasteiger partial charge on any atom is -0.361 e. The molecule has 4 nitrogen and oxygen atoms in total. The van der Waals surface area contributed by atoms with Crippen LogP contribution in [0.25, 0.3) is 0 Å². The summed E-state index contributed by atoms with van der Waals surface area (Å²) in [5.41, 5.74) is 0. The number of carbonyl (C=O) groups excluding carboxylic acids is 1. The molecule has 2 rings (SSSR count). The summed E-state index contributed by atoms with van der Waals surface area (Å²) in [6, 6.07) is 0. The fourth-order valence-corrected chi connectivity index (χ4v) is 2.27. The predicted molar refractivity (Wildman–Crippen MR) is 61.0 cm³/mol. The molecule has 1 N–H and O–H groups in total. The van der Waals surface area contributed by atoms with E-state index in [1.165, 1.54) is 0 Å². The lowest BCUT2D eigenvalue weighted by Crippen LogP contribution is -2.29. The van der Waals surface area contributed by atoms with Gasteiger partial charge in [0.1, 0.15) is 0 Å². The van der Waals surface area contributed by atoms with E-state index < -0.39 is 0 Å². The fraction of sp³-hybridized carbons (Fsp3) is 0.600. The highest BCUT2D eigenvalue weighted by Crippen LogP contribution is 2.11. The Morgan fingerprint density at radius 1 is 1.53 bits per heavy atom. The number of carbonyl (C=O) groups is 1. The van der Waals surface area contributed by atoms with Crippen LogP contribution in [-0.4, -0.2) is 35.4 Å². The number of likely N-dealkylation sites (tertiary alicyclic amines) is 1. The van der Waals surface area contributed by atoms with Crippen LogP contribution in [0.4, 0.5) is 5.13 Å². The smallest absolute Gasteiger partial charge is 0.224 e. The highest BCUT2D eigenvalue weighted by atomic mass is 32.1. The Hall–Kier alpha value is -1.10. The second-order valence-corrected chi connectivity index (χ2v) is 4.50. The molecule has 0 unspecified atom stereocenters. The maximum Gasteiger partial charge on any atom is 0.224 e. The van der Waals surface area contributed by atoms with Crippen molar-refractivity contribution in [1.29, 1.82) is 0 Å². The molecular weight excluding hydrogens is 210 g/mol. The van der Waals surface area contributed by atoms with Crippen molar-refractivity contribution in [3.8, 4) is 0 Å². The minimum atomic E-state index is 0.261. The van der Waals surface area contributed by atoms with Crippen LogP contribution in [0.15, 0.2) is 11.6 Å². The Kier molecular flexibility index (Phi) is 3.55. The largest absolute Gasteiger partial charge is 0.361 e. The van der Waals surface area contributed by atoms with E-state index in [0.717, 1.165) is 31.1 Å². The summed E-state index contributed by atoms with van der Waals surface area (Å²) < 4.78 is 0. The van der Waals surface area contributed by atoms with Crippen molar-refractivity contribution in [3.05, 3.63) is 11.6 Å². The first-order valence-electron chi connectivity index (χ1n) is 5.27. The van der Waals surface area contributed by atoms with Crippen molar-refractivity contribution in [3.63, 3.8) is 0 Å². The maximum atomic E-state index is 11.6. The van der Waals surface area contributed by atoms with Crippen LogP contribution in [0.2, 0.25) is 0 Å². The Balaban J connectivity index is 1.67. The molecule has 0 saturated carbocycles. The van der Waals surface area contributed by atoms with Crippen molar-refractivity contribution in [2.45, 2.75) is 19.3 Å². The molecule has 1 aromatic rings.